The van der Waals surface area contributed by atoms with E-state index in [2.05, 4.69) is 20.8 Å². The van der Waals surface area contributed by atoms with E-state index in [1.807, 2.05) is 92.2 Å². The van der Waals surface area contributed by atoms with Crippen LogP contribution in [-0.4, -0.2) is 32.3 Å². The number of rotatable bonds is 8. The molecule has 0 aliphatic rings. The quantitative estimate of drug-likeness (QED) is 0.351. The minimum atomic E-state index is -0.161. The first-order valence-electron chi connectivity index (χ1n) is 11.2. The highest BCUT2D eigenvalue weighted by molar-refractivity contribution is 7.99. The fourth-order valence-electron chi connectivity index (χ4n) is 3.54. The first-order valence-corrected chi connectivity index (χ1v) is 12.2. The van der Waals surface area contributed by atoms with E-state index in [-0.39, 0.29) is 17.6 Å². The topological polar surface area (TPSA) is 88.9 Å². The van der Waals surface area contributed by atoms with Crippen molar-refractivity contribution in [3.05, 3.63) is 95.1 Å². The Morgan fingerprint density at radius 2 is 1.71 bits per heavy atom. The molecule has 3 aromatic carbocycles. The van der Waals surface area contributed by atoms with Gasteiger partial charge in [-0.05, 0) is 43.2 Å². The zero-order valence-electron chi connectivity index (χ0n) is 19.9. The maximum Gasteiger partial charge on any atom is 0.255 e. The van der Waals surface area contributed by atoms with Crippen molar-refractivity contribution in [2.24, 2.45) is 7.05 Å². The molecule has 4 rings (SSSR count). The Morgan fingerprint density at radius 1 is 0.943 bits per heavy atom. The van der Waals surface area contributed by atoms with Crippen LogP contribution in [0.3, 0.4) is 0 Å². The van der Waals surface area contributed by atoms with Crippen molar-refractivity contribution in [2.75, 3.05) is 11.1 Å². The summed E-state index contributed by atoms with van der Waals surface area (Å²) in [5.74, 6) is 0.663. The number of aromatic nitrogens is 3. The van der Waals surface area contributed by atoms with Gasteiger partial charge < -0.3 is 15.2 Å². The molecule has 2 amide bonds. The molecule has 1 aromatic heterocycles. The van der Waals surface area contributed by atoms with Gasteiger partial charge in [0.2, 0.25) is 5.91 Å². The molecule has 7 nitrogen and oxygen atoms in total. The molecule has 0 radical (unpaired) electrons. The van der Waals surface area contributed by atoms with Crippen molar-refractivity contribution in [3.63, 3.8) is 0 Å². The Bertz CT molecular complexity index is 1350. The van der Waals surface area contributed by atoms with Crippen molar-refractivity contribution in [3.8, 4) is 11.4 Å². The third-order valence-corrected chi connectivity index (χ3v) is 6.57. The number of hydrogen-bond donors (Lipinski definition) is 2. The monoisotopic (exact) mass is 485 g/mol. The molecule has 4 aromatic rings. The summed E-state index contributed by atoms with van der Waals surface area (Å²) in [7, 11) is 1.86. The second kappa shape index (κ2) is 11.0. The van der Waals surface area contributed by atoms with Gasteiger partial charge in [-0.3, -0.25) is 9.59 Å². The van der Waals surface area contributed by atoms with Crippen LogP contribution in [0.5, 0.6) is 0 Å². The smallest absolute Gasteiger partial charge is 0.255 e. The van der Waals surface area contributed by atoms with E-state index in [0.29, 0.717) is 28.8 Å². The van der Waals surface area contributed by atoms with Gasteiger partial charge in [0.05, 0.1) is 5.75 Å². The first-order chi connectivity index (χ1) is 16.9. The van der Waals surface area contributed by atoms with Gasteiger partial charge in [0.25, 0.3) is 5.91 Å². The van der Waals surface area contributed by atoms with Crippen LogP contribution in [0.2, 0.25) is 0 Å². The average molecular weight is 486 g/mol. The summed E-state index contributed by atoms with van der Waals surface area (Å²) in [6.07, 6.45) is 0. The van der Waals surface area contributed by atoms with Crippen LogP contribution >= 0.6 is 11.8 Å². The van der Waals surface area contributed by atoms with Gasteiger partial charge in [-0.2, -0.15) is 0 Å². The highest BCUT2D eigenvalue weighted by atomic mass is 32.2. The summed E-state index contributed by atoms with van der Waals surface area (Å²) in [6.45, 7) is 4.43. The Morgan fingerprint density at radius 3 is 2.49 bits per heavy atom. The third-order valence-electron chi connectivity index (χ3n) is 5.55. The van der Waals surface area contributed by atoms with Gasteiger partial charge in [0.1, 0.15) is 0 Å². The zero-order chi connectivity index (χ0) is 24.8. The molecule has 0 saturated heterocycles. The highest BCUT2D eigenvalue weighted by Crippen LogP contribution is 2.25. The normalized spacial score (nSPS) is 10.7. The summed E-state index contributed by atoms with van der Waals surface area (Å²) in [4.78, 5) is 25.0. The van der Waals surface area contributed by atoms with Crippen LogP contribution in [0.15, 0.2) is 78.0 Å². The molecule has 0 bridgehead atoms. The van der Waals surface area contributed by atoms with E-state index < -0.39 is 0 Å². The number of carbonyl (C=O) groups is 2. The van der Waals surface area contributed by atoms with E-state index in [1.165, 1.54) is 17.3 Å². The van der Waals surface area contributed by atoms with Gasteiger partial charge in [0.15, 0.2) is 11.0 Å². The van der Waals surface area contributed by atoms with Crippen molar-refractivity contribution in [1.29, 1.82) is 0 Å². The second-order valence-corrected chi connectivity index (χ2v) is 9.21. The molecular formula is C27H27N5O2S. The molecule has 0 spiro atoms. The first kappa shape index (κ1) is 24.2. The number of amides is 2. The summed E-state index contributed by atoms with van der Waals surface area (Å²) in [5.41, 5.74) is 5.29. The van der Waals surface area contributed by atoms with Crippen LogP contribution in [0.25, 0.3) is 11.4 Å². The molecule has 8 heteroatoms. The van der Waals surface area contributed by atoms with Crippen molar-refractivity contribution >= 4 is 29.3 Å². The van der Waals surface area contributed by atoms with Gasteiger partial charge in [0, 0.05) is 30.4 Å². The van der Waals surface area contributed by atoms with E-state index >= 15 is 0 Å². The highest BCUT2D eigenvalue weighted by Gasteiger charge is 2.14. The number of benzene rings is 3. The maximum absolute atomic E-state index is 12.7. The number of nitrogens with one attached hydrogen (secondary N) is 2. The van der Waals surface area contributed by atoms with Crippen molar-refractivity contribution in [2.45, 2.75) is 25.5 Å². The number of thioether (sulfide) groups is 1. The van der Waals surface area contributed by atoms with E-state index in [4.69, 9.17) is 0 Å². The van der Waals surface area contributed by atoms with E-state index in [9.17, 15) is 9.59 Å². The molecule has 1 heterocycles. The lowest BCUT2D eigenvalue weighted by Crippen LogP contribution is -2.24. The molecule has 0 aliphatic carbocycles. The molecular weight excluding hydrogens is 458 g/mol. The Hall–Kier alpha value is -3.91. The predicted octanol–water partition coefficient (Wildman–Crippen LogP) is 4.76. The van der Waals surface area contributed by atoms with E-state index in [1.54, 1.807) is 6.07 Å². The molecule has 35 heavy (non-hydrogen) atoms. The molecule has 0 saturated carbocycles. The second-order valence-electron chi connectivity index (χ2n) is 8.27. The molecule has 0 aliphatic heterocycles. The number of hydrogen-bond acceptors (Lipinski definition) is 5. The molecule has 0 atom stereocenters. The maximum atomic E-state index is 12.7. The van der Waals surface area contributed by atoms with Crippen LogP contribution in [0.1, 0.15) is 27.0 Å². The SMILES string of the molecule is Cc1ccc(CNC(=O)CSc2nnc(-c3cccc(NC(=O)c4ccccc4C)c3)n2C)cc1. The van der Waals surface area contributed by atoms with Gasteiger partial charge in [-0.15, -0.1) is 10.2 Å². The lowest BCUT2D eigenvalue weighted by molar-refractivity contribution is -0.118. The average Bonchev–Trinajstić information content (AvgIpc) is 3.23. The minimum Gasteiger partial charge on any atom is -0.351 e. The van der Waals surface area contributed by atoms with Crippen LogP contribution in [0, 0.1) is 13.8 Å². The molecule has 0 fully saturated rings. The Kier molecular flexibility index (Phi) is 7.62. The Balaban J connectivity index is 1.37. The van der Waals surface area contributed by atoms with Gasteiger partial charge in [-0.1, -0.05) is 71.9 Å². The summed E-state index contributed by atoms with van der Waals surface area (Å²) < 4.78 is 1.85. The fraction of sp³-hybridized carbons (Fsp3) is 0.185. The fourth-order valence-corrected chi connectivity index (χ4v) is 4.28. The number of nitrogens with zero attached hydrogens (tertiary/aromatic N) is 3. The summed E-state index contributed by atoms with van der Waals surface area (Å²) >= 11 is 1.33. The standard InChI is InChI=1S/C27H27N5O2S/c1-18-11-13-20(14-12-18)16-28-24(33)17-35-27-31-30-25(32(27)3)21-8-6-9-22(15-21)29-26(34)23-10-5-4-7-19(23)2/h4-15H,16-17H2,1-3H3,(H,28,33)(H,29,34). The number of carbonyl (C=O) groups excluding carboxylic acids is 2. The number of anilines is 1. The van der Waals surface area contributed by atoms with Crippen molar-refractivity contribution < 1.29 is 9.59 Å². The lowest BCUT2D eigenvalue weighted by atomic mass is 10.1. The Labute approximate surface area is 209 Å². The van der Waals surface area contributed by atoms with Gasteiger partial charge in [-0.25, -0.2) is 0 Å². The molecule has 2 N–H and O–H groups in total. The molecule has 178 valence electrons. The largest absolute Gasteiger partial charge is 0.351 e. The molecule has 0 unspecified atom stereocenters. The lowest BCUT2D eigenvalue weighted by Gasteiger charge is -2.09. The summed E-state index contributed by atoms with van der Waals surface area (Å²) in [5, 5.41) is 15.1. The number of aryl methyl sites for hydroxylation is 2. The minimum absolute atomic E-state index is 0.0685. The van der Waals surface area contributed by atoms with Crippen molar-refractivity contribution in [1.82, 2.24) is 20.1 Å². The zero-order valence-corrected chi connectivity index (χ0v) is 20.7. The van der Waals surface area contributed by atoms with Gasteiger partial charge >= 0.3 is 0 Å². The van der Waals surface area contributed by atoms with Crippen LogP contribution in [0.4, 0.5) is 5.69 Å². The summed E-state index contributed by atoms with van der Waals surface area (Å²) in [6, 6.07) is 23.0. The predicted molar refractivity (Wildman–Crippen MR) is 139 cm³/mol. The van der Waals surface area contributed by atoms with Crippen LogP contribution < -0.4 is 10.6 Å². The third kappa shape index (κ3) is 6.16. The van der Waals surface area contributed by atoms with Crippen LogP contribution in [-0.2, 0) is 18.4 Å². The van der Waals surface area contributed by atoms with E-state index in [0.717, 1.165) is 16.7 Å².